The number of carbonyl (C=O) groups excluding carboxylic acids is 1. The van der Waals surface area contributed by atoms with Gasteiger partial charge in [0.15, 0.2) is 5.13 Å². The Balaban J connectivity index is 0.00000243. The molecule has 1 aromatic carbocycles. The van der Waals surface area contributed by atoms with Gasteiger partial charge < -0.3 is 11.1 Å². The molecule has 1 saturated carbocycles. The van der Waals surface area contributed by atoms with Crippen molar-refractivity contribution in [3.63, 3.8) is 0 Å². The first-order valence-corrected chi connectivity index (χ1v) is 8.78. The van der Waals surface area contributed by atoms with Gasteiger partial charge in [-0.1, -0.05) is 18.2 Å². The number of nitrogens with one attached hydrogen (secondary N) is 1. The maximum Gasteiger partial charge on any atom is 0.416 e. The largest absolute Gasteiger partial charge is 0.416 e. The maximum absolute atomic E-state index is 12.9. The van der Waals surface area contributed by atoms with Gasteiger partial charge in [-0.2, -0.15) is 13.2 Å². The van der Waals surface area contributed by atoms with E-state index in [1.54, 1.807) is 13.0 Å². The maximum atomic E-state index is 12.9. The molecule has 1 aliphatic carbocycles. The standard InChI is InChI=1S/C17H18F3N3OS.ClH/c1-9(21)15(24)23-16-22-14(11-5-6-11)13(25-16)8-10-3-2-4-12(7-10)17(18,19)20;/h2-4,7,9,11H,5-6,8,21H2,1H3,(H,22,23,24);1H/t9-;/m1./s1. The molecule has 0 saturated heterocycles. The van der Waals surface area contributed by atoms with Crippen LogP contribution in [0, 0.1) is 0 Å². The molecule has 3 rings (SSSR count). The van der Waals surface area contributed by atoms with Crippen molar-refractivity contribution >= 4 is 34.8 Å². The first-order valence-electron chi connectivity index (χ1n) is 7.96. The minimum Gasteiger partial charge on any atom is -0.320 e. The third kappa shape index (κ3) is 4.96. The highest BCUT2D eigenvalue weighted by Crippen LogP contribution is 2.44. The summed E-state index contributed by atoms with van der Waals surface area (Å²) < 4.78 is 38.6. The van der Waals surface area contributed by atoms with Gasteiger partial charge in [-0.05, 0) is 31.4 Å². The molecular formula is C17H19ClF3N3OS. The van der Waals surface area contributed by atoms with Crippen LogP contribution >= 0.6 is 23.7 Å². The van der Waals surface area contributed by atoms with Crippen LogP contribution in [-0.2, 0) is 17.4 Å². The number of halogens is 4. The van der Waals surface area contributed by atoms with Crippen LogP contribution in [0.15, 0.2) is 24.3 Å². The fraction of sp³-hybridized carbons (Fsp3) is 0.412. The van der Waals surface area contributed by atoms with Crippen molar-refractivity contribution < 1.29 is 18.0 Å². The van der Waals surface area contributed by atoms with E-state index in [1.807, 2.05) is 0 Å². The highest BCUT2D eigenvalue weighted by Gasteiger charge is 2.32. The van der Waals surface area contributed by atoms with Crippen LogP contribution in [0.1, 0.15) is 47.4 Å². The van der Waals surface area contributed by atoms with E-state index >= 15 is 0 Å². The number of amides is 1. The Bertz CT molecular complexity index is 788. The van der Waals surface area contributed by atoms with Crippen molar-refractivity contribution in [3.8, 4) is 0 Å². The third-order valence-corrected chi connectivity index (χ3v) is 4.94. The van der Waals surface area contributed by atoms with Crippen molar-refractivity contribution in [1.82, 2.24) is 4.98 Å². The van der Waals surface area contributed by atoms with E-state index in [-0.39, 0.29) is 18.3 Å². The fourth-order valence-corrected chi connectivity index (χ4v) is 3.57. The van der Waals surface area contributed by atoms with Crippen LogP contribution in [0.4, 0.5) is 18.3 Å². The average molecular weight is 406 g/mol. The summed E-state index contributed by atoms with van der Waals surface area (Å²) in [5.41, 5.74) is 6.33. The van der Waals surface area contributed by atoms with E-state index in [2.05, 4.69) is 10.3 Å². The molecule has 1 amide bonds. The highest BCUT2D eigenvalue weighted by molar-refractivity contribution is 7.15. The number of nitrogens with two attached hydrogens (primary N) is 1. The van der Waals surface area contributed by atoms with Crippen molar-refractivity contribution in [3.05, 3.63) is 46.0 Å². The molecule has 1 atom stereocenters. The van der Waals surface area contributed by atoms with Gasteiger partial charge in [0.25, 0.3) is 0 Å². The quantitative estimate of drug-likeness (QED) is 0.777. The van der Waals surface area contributed by atoms with Crippen LogP contribution in [0.25, 0.3) is 0 Å². The van der Waals surface area contributed by atoms with Gasteiger partial charge in [0.1, 0.15) is 0 Å². The predicted molar refractivity (Wildman–Crippen MR) is 97.9 cm³/mol. The van der Waals surface area contributed by atoms with Crippen molar-refractivity contribution in [2.75, 3.05) is 5.32 Å². The minimum atomic E-state index is -4.36. The Kier molecular flexibility index (Phi) is 6.31. The summed E-state index contributed by atoms with van der Waals surface area (Å²) in [5, 5.41) is 3.12. The number of carbonyl (C=O) groups is 1. The van der Waals surface area contributed by atoms with Crippen LogP contribution < -0.4 is 11.1 Å². The van der Waals surface area contributed by atoms with Gasteiger partial charge in [0, 0.05) is 17.2 Å². The van der Waals surface area contributed by atoms with Crippen LogP contribution in [0.2, 0.25) is 0 Å². The van der Waals surface area contributed by atoms with Gasteiger partial charge in [0.2, 0.25) is 5.91 Å². The molecule has 0 unspecified atom stereocenters. The van der Waals surface area contributed by atoms with Crippen LogP contribution in [0.3, 0.4) is 0 Å². The summed E-state index contributed by atoms with van der Waals surface area (Å²) >= 11 is 1.30. The number of hydrogen-bond donors (Lipinski definition) is 2. The summed E-state index contributed by atoms with van der Waals surface area (Å²) in [6.45, 7) is 1.58. The number of thiazole rings is 1. The molecule has 142 valence electrons. The van der Waals surface area contributed by atoms with Gasteiger partial charge in [-0.15, -0.1) is 23.7 Å². The Morgan fingerprint density at radius 1 is 1.42 bits per heavy atom. The molecule has 1 aromatic heterocycles. The Hall–Kier alpha value is -1.64. The lowest BCUT2D eigenvalue weighted by Gasteiger charge is -2.08. The second kappa shape index (κ2) is 7.94. The molecule has 1 fully saturated rings. The first-order chi connectivity index (χ1) is 11.7. The first kappa shape index (κ1) is 20.7. The van der Waals surface area contributed by atoms with Gasteiger partial charge in [-0.3, -0.25) is 4.79 Å². The smallest absolute Gasteiger partial charge is 0.320 e. The minimum absolute atomic E-state index is 0. The lowest BCUT2D eigenvalue weighted by Crippen LogP contribution is -2.32. The number of nitrogens with zero attached hydrogens (tertiary/aromatic N) is 1. The lowest BCUT2D eigenvalue weighted by atomic mass is 10.1. The van der Waals surface area contributed by atoms with Crippen LogP contribution in [0.5, 0.6) is 0 Å². The van der Waals surface area contributed by atoms with Crippen LogP contribution in [-0.4, -0.2) is 16.9 Å². The predicted octanol–water partition coefficient (Wildman–Crippen LogP) is 4.34. The molecule has 0 spiro atoms. The zero-order chi connectivity index (χ0) is 18.2. The highest BCUT2D eigenvalue weighted by atomic mass is 35.5. The molecule has 2 aromatic rings. The van der Waals surface area contributed by atoms with E-state index in [0.29, 0.717) is 23.0 Å². The number of rotatable bonds is 5. The van der Waals surface area contributed by atoms with E-state index in [9.17, 15) is 18.0 Å². The number of alkyl halides is 3. The zero-order valence-corrected chi connectivity index (χ0v) is 15.6. The lowest BCUT2D eigenvalue weighted by molar-refractivity contribution is -0.137. The second-order valence-electron chi connectivity index (χ2n) is 6.25. The van der Waals surface area contributed by atoms with Gasteiger partial charge in [0.05, 0.1) is 17.3 Å². The average Bonchev–Trinajstić information content (AvgIpc) is 3.30. The van der Waals surface area contributed by atoms with E-state index < -0.39 is 17.8 Å². The molecule has 9 heteroatoms. The number of anilines is 1. The van der Waals surface area contributed by atoms with E-state index in [1.165, 1.54) is 17.4 Å². The molecular weight excluding hydrogens is 387 g/mol. The summed E-state index contributed by atoms with van der Waals surface area (Å²) in [5.74, 6) is -0.000262. The molecule has 0 bridgehead atoms. The number of aromatic nitrogens is 1. The Labute approximate surface area is 159 Å². The normalized spacial score (nSPS) is 15.3. The molecule has 0 aliphatic heterocycles. The molecule has 1 heterocycles. The van der Waals surface area contributed by atoms with Gasteiger partial charge in [-0.25, -0.2) is 4.98 Å². The zero-order valence-electron chi connectivity index (χ0n) is 14.0. The van der Waals surface area contributed by atoms with E-state index in [0.717, 1.165) is 35.5 Å². The Morgan fingerprint density at radius 2 is 2.12 bits per heavy atom. The van der Waals surface area contributed by atoms with Crippen molar-refractivity contribution in [1.29, 1.82) is 0 Å². The van der Waals surface area contributed by atoms with Gasteiger partial charge >= 0.3 is 6.18 Å². The summed E-state index contributed by atoms with van der Waals surface area (Å²) in [7, 11) is 0. The third-order valence-electron chi connectivity index (χ3n) is 3.95. The number of benzene rings is 1. The molecule has 0 radical (unpaired) electrons. The number of hydrogen-bond acceptors (Lipinski definition) is 4. The second-order valence-corrected chi connectivity index (χ2v) is 7.34. The molecule has 1 aliphatic rings. The summed E-state index contributed by atoms with van der Waals surface area (Å²) in [4.78, 5) is 17.1. The monoisotopic (exact) mass is 405 g/mol. The molecule has 4 nitrogen and oxygen atoms in total. The van der Waals surface area contributed by atoms with Crippen molar-refractivity contribution in [2.45, 2.75) is 44.3 Å². The molecule has 3 N–H and O–H groups in total. The Morgan fingerprint density at radius 3 is 2.69 bits per heavy atom. The fourth-order valence-electron chi connectivity index (χ4n) is 2.48. The van der Waals surface area contributed by atoms with Crippen molar-refractivity contribution in [2.24, 2.45) is 5.73 Å². The van der Waals surface area contributed by atoms with E-state index in [4.69, 9.17) is 5.73 Å². The summed E-state index contributed by atoms with van der Waals surface area (Å²) in [6, 6.07) is 4.66. The summed E-state index contributed by atoms with van der Waals surface area (Å²) in [6.07, 6.45) is -1.97. The molecule has 26 heavy (non-hydrogen) atoms. The SMILES string of the molecule is C[C@@H](N)C(=O)Nc1nc(C2CC2)c(Cc2cccc(C(F)(F)F)c2)s1.Cl. The topological polar surface area (TPSA) is 68.0 Å².